The largest absolute Gasteiger partial charge is 0.455 e. The minimum Gasteiger partial charge on any atom is -0.455 e. The Hall–Kier alpha value is -6.12. The van der Waals surface area contributed by atoms with E-state index in [1.807, 2.05) is 0 Å². The first kappa shape index (κ1) is 25.2. The van der Waals surface area contributed by atoms with Gasteiger partial charge in [-0.05, 0) is 105 Å². The van der Waals surface area contributed by atoms with Crippen LogP contribution < -0.4 is 0 Å². The van der Waals surface area contributed by atoms with Crippen LogP contribution in [0.15, 0.2) is 167 Å². The number of fused-ring (bicyclic) bond motifs is 10. The van der Waals surface area contributed by atoms with Crippen LogP contribution in [0.4, 0.5) is 0 Å². The summed E-state index contributed by atoms with van der Waals surface area (Å²) in [5, 5.41) is 9.12. The van der Waals surface area contributed by atoms with Crippen molar-refractivity contribution in [2.24, 2.45) is 0 Å². The van der Waals surface area contributed by atoms with Crippen LogP contribution in [0.2, 0.25) is 0 Å². The second-order valence-electron chi connectivity index (χ2n) is 12.1. The van der Waals surface area contributed by atoms with Crippen LogP contribution in [0.3, 0.4) is 0 Å². The van der Waals surface area contributed by atoms with Crippen LogP contribution >= 0.6 is 0 Å². The molecule has 0 N–H and O–H groups in total. The molecule has 46 heavy (non-hydrogen) atoms. The fourth-order valence-electron chi connectivity index (χ4n) is 7.10. The monoisotopic (exact) mass is 586 g/mol. The predicted molar refractivity (Wildman–Crippen MR) is 192 cm³/mol. The molecule has 0 amide bonds. The Labute approximate surface area is 264 Å². The Morgan fingerprint density at radius 3 is 1.11 bits per heavy atom. The number of rotatable bonds is 3. The molecule has 2 heteroatoms. The van der Waals surface area contributed by atoms with Gasteiger partial charge < -0.3 is 8.83 Å². The molecule has 0 bridgehead atoms. The maximum Gasteiger partial charge on any atom is 0.143 e. The molecule has 2 aromatic heterocycles. The first-order chi connectivity index (χ1) is 22.8. The van der Waals surface area contributed by atoms with Crippen molar-refractivity contribution >= 4 is 65.4 Å². The maximum absolute atomic E-state index is 6.48. The maximum atomic E-state index is 6.48. The number of furan rings is 2. The molecule has 0 unspecified atom stereocenters. The SMILES string of the molecule is c1ccc(-c2ccc3c(ccc4c5cc(-c6ccc7oc8c9ccc(-c%10ccccc%10)cc9ccc8c7c6)ccc5oc34)c2)cc1. The third-order valence-electron chi connectivity index (χ3n) is 9.45. The van der Waals surface area contributed by atoms with Crippen LogP contribution in [0.1, 0.15) is 0 Å². The van der Waals surface area contributed by atoms with Crippen molar-refractivity contribution in [2.75, 3.05) is 0 Å². The normalized spacial score (nSPS) is 11.9. The Balaban J connectivity index is 1.07. The highest BCUT2D eigenvalue weighted by molar-refractivity contribution is 6.17. The smallest absolute Gasteiger partial charge is 0.143 e. The lowest BCUT2D eigenvalue weighted by Gasteiger charge is -2.05. The van der Waals surface area contributed by atoms with Crippen molar-refractivity contribution in [1.82, 2.24) is 0 Å². The van der Waals surface area contributed by atoms with E-state index in [0.29, 0.717) is 0 Å². The Bertz CT molecular complexity index is 2590. The average Bonchev–Trinajstić information content (AvgIpc) is 3.70. The molecule has 10 aromatic rings. The highest BCUT2D eigenvalue weighted by Crippen LogP contribution is 2.40. The first-order valence-electron chi connectivity index (χ1n) is 15.7. The molecule has 0 spiro atoms. The highest BCUT2D eigenvalue weighted by Gasteiger charge is 2.15. The molecular weight excluding hydrogens is 560 g/mol. The van der Waals surface area contributed by atoms with E-state index in [-0.39, 0.29) is 0 Å². The summed E-state index contributed by atoms with van der Waals surface area (Å²) in [7, 11) is 0. The topological polar surface area (TPSA) is 26.3 Å². The van der Waals surface area contributed by atoms with Gasteiger partial charge in [-0.2, -0.15) is 0 Å². The van der Waals surface area contributed by atoms with Gasteiger partial charge in [-0.1, -0.05) is 97.1 Å². The van der Waals surface area contributed by atoms with Gasteiger partial charge >= 0.3 is 0 Å². The fourth-order valence-corrected chi connectivity index (χ4v) is 7.10. The second-order valence-corrected chi connectivity index (χ2v) is 12.1. The molecule has 0 aliphatic heterocycles. The third kappa shape index (κ3) is 3.84. The zero-order valence-corrected chi connectivity index (χ0v) is 24.8. The number of benzene rings is 8. The molecule has 0 saturated carbocycles. The third-order valence-corrected chi connectivity index (χ3v) is 9.45. The minimum atomic E-state index is 0.898. The Morgan fingerprint density at radius 1 is 0.261 bits per heavy atom. The molecular formula is C44H26O2. The molecule has 0 atom stereocenters. The Kier molecular flexibility index (Phi) is 5.31. The van der Waals surface area contributed by atoms with Crippen LogP contribution in [0, 0.1) is 0 Å². The molecule has 2 nitrogen and oxygen atoms in total. The quantitative estimate of drug-likeness (QED) is 0.206. The summed E-state index contributed by atoms with van der Waals surface area (Å²) in [5.74, 6) is 0. The zero-order valence-electron chi connectivity index (χ0n) is 24.8. The van der Waals surface area contributed by atoms with E-state index in [0.717, 1.165) is 65.8 Å². The van der Waals surface area contributed by atoms with E-state index >= 15 is 0 Å². The van der Waals surface area contributed by atoms with E-state index < -0.39 is 0 Å². The summed E-state index contributed by atoms with van der Waals surface area (Å²) in [6.45, 7) is 0. The van der Waals surface area contributed by atoms with Gasteiger partial charge in [0, 0.05) is 32.3 Å². The summed E-state index contributed by atoms with van der Waals surface area (Å²) < 4.78 is 13.0. The molecule has 0 aliphatic carbocycles. The van der Waals surface area contributed by atoms with Crippen molar-refractivity contribution in [2.45, 2.75) is 0 Å². The summed E-state index contributed by atoms with van der Waals surface area (Å²) in [4.78, 5) is 0. The van der Waals surface area contributed by atoms with Crippen LogP contribution in [-0.2, 0) is 0 Å². The molecule has 0 saturated heterocycles. The fraction of sp³-hybridized carbons (Fsp3) is 0. The van der Waals surface area contributed by atoms with Gasteiger partial charge in [0.1, 0.15) is 22.3 Å². The molecule has 0 radical (unpaired) electrons. The van der Waals surface area contributed by atoms with E-state index in [1.165, 1.54) is 33.0 Å². The highest BCUT2D eigenvalue weighted by atomic mass is 16.3. The van der Waals surface area contributed by atoms with Gasteiger partial charge in [-0.3, -0.25) is 0 Å². The Morgan fingerprint density at radius 2 is 0.652 bits per heavy atom. The number of hydrogen-bond donors (Lipinski definition) is 0. The van der Waals surface area contributed by atoms with Gasteiger partial charge in [0.2, 0.25) is 0 Å². The van der Waals surface area contributed by atoms with Crippen molar-refractivity contribution in [3.63, 3.8) is 0 Å². The molecule has 214 valence electrons. The van der Waals surface area contributed by atoms with Crippen LogP contribution in [0.25, 0.3) is 98.8 Å². The average molecular weight is 587 g/mol. The summed E-state index contributed by atoms with van der Waals surface area (Å²) in [6, 6.07) is 56.1. The molecule has 0 fully saturated rings. The van der Waals surface area contributed by atoms with Crippen molar-refractivity contribution < 1.29 is 8.83 Å². The summed E-state index contributed by atoms with van der Waals surface area (Å²) >= 11 is 0. The van der Waals surface area contributed by atoms with E-state index in [1.54, 1.807) is 0 Å². The van der Waals surface area contributed by atoms with Crippen molar-refractivity contribution in [3.8, 4) is 33.4 Å². The van der Waals surface area contributed by atoms with Crippen molar-refractivity contribution in [3.05, 3.63) is 158 Å². The van der Waals surface area contributed by atoms with E-state index in [4.69, 9.17) is 8.83 Å². The van der Waals surface area contributed by atoms with Gasteiger partial charge in [-0.15, -0.1) is 0 Å². The standard InChI is InChI=1S/C44H26O2/c1-3-7-27(8-4-1)29-11-17-35-33(23-29)13-19-37-39-25-31(15-21-41(39)45-43(35)37)32-16-22-42-40(26-32)38-20-14-34-24-30(28-9-5-2-6-10-28)12-18-36(34)44(38)46-42/h1-26H. The summed E-state index contributed by atoms with van der Waals surface area (Å²) in [5.41, 5.74) is 10.8. The van der Waals surface area contributed by atoms with E-state index in [9.17, 15) is 0 Å². The lowest BCUT2D eigenvalue weighted by molar-refractivity contribution is 0.672. The van der Waals surface area contributed by atoms with E-state index in [2.05, 4.69) is 158 Å². The predicted octanol–water partition coefficient (Wildman–Crippen LogP) is 12.8. The first-order valence-corrected chi connectivity index (χ1v) is 15.7. The molecule has 8 aromatic carbocycles. The van der Waals surface area contributed by atoms with Crippen LogP contribution in [-0.4, -0.2) is 0 Å². The molecule has 2 heterocycles. The van der Waals surface area contributed by atoms with Gasteiger partial charge in [0.25, 0.3) is 0 Å². The van der Waals surface area contributed by atoms with Gasteiger partial charge in [-0.25, -0.2) is 0 Å². The minimum absolute atomic E-state index is 0.898. The second kappa shape index (κ2) is 9.69. The lowest BCUT2D eigenvalue weighted by atomic mass is 9.97. The summed E-state index contributed by atoms with van der Waals surface area (Å²) in [6.07, 6.45) is 0. The molecule has 0 aliphatic rings. The molecule has 10 rings (SSSR count). The lowest BCUT2D eigenvalue weighted by Crippen LogP contribution is -1.80. The van der Waals surface area contributed by atoms with Gasteiger partial charge in [0.15, 0.2) is 0 Å². The zero-order chi connectivity index (χ0) is 30.2. The number of hydrogen-bond acceptors (Lipinski definition) is 2. The van der Waals surface area contributed by atoms with Gasteiger partial charge in [0.05, 0.1) is 0 Å². The van der Waals surface area contributed by atoms with Crippen LogP contribution in [0.5, 0.6) is 0 Å². The van der Waals surface area contributed by atoms with Crippen molar-refractivity contribution in [1.29, 1.82) is 0 Å².